The number of hydrogen-bond donors (Lipinski definition) is 1. The molecule has 0 radical (unpaired) electrons. The zero-order chi connectivity index (χ0) is 14.8. The van der Waals surface area contributed by atoms with Gasteiger partial charge in [-0.1, -0.05) is 12.1 Å². The Morgan fingerprint density at radius 2 is 2.05 bits per heavy atom. The summed E-state index contributed by atoms with van der Waals surface area (Å²) < 4.78 is 5.14. The van der Waals surface area contributed by atoms with Crippen molar-refractivity contribution in [3.63, 3.8) is 0 Å². The smallest absolute Gasteiger partial charge is 0.319 e. The van der Waals surface area contributed by atoms with E-state index in [-0.39, 0.29) is 37.5 Å². The SMILES string of the molecule is O=C(O)C1(Cc2ccc([N+](=O)[O-])cc2)COCCC1=O. The summed E-state index contributed by atoms with van der Waals surface area (Å²) in [5.74, 6) is -1.59. The van der Waals surface area contributed by atoms with Gasteiger partial charge in [0.15, 0.2) is 11.2 Å². The lowest BCUT2D eigenvalue weighted by atomic mass is 9.76. The normalized spacial score (nSPS) is 22.5. The standard InChI is InChI=1S/C13H13NO6/c15-11-5-6-20-8-13(11,12(16)17)7-9-1-3-10(4-2-9)14(18)19/h1-4H,5-8H2,(H,16,17). The van der Waals surface area contributed by atoms with Gasteiger partial charge >= 0.3 is 5.97 Å². The molecule has 1 aromatic rings. The fraction of sp³-hybridized carbons (Fsp3) is 0.385. The van der Waals surface area contributed by atoms with Gasteiger partial charge in [0, 0.05) is 18.6 Å². The van der Waals surface area contributed by atoms with Crippen molar-refractivity contribution in [3.05, 3.63) is 39.9 Å². The molecule has 0 spiro atoms. The predicted molar refractivity (Wildman–Crippen MR) is 67.3 cm³/mol. The first-order valence-corrected chi connectivity index (χ1v) is 6.03. The van der Waals surface area contributed by atoms with Crippen molar-refractivity contribution in [3.8, 4) is 0 Å². The minimum absolute atomic E-state index is 0.0286. The highest BCUT2D eigenvalue weighted by Crippen LogP contribution is 2.30. The molecular weight excluding hydrogens is 266 g/mol. The lowest BCUT2D eigenvalue weighted by Gasteiger charge is -2.31. The van der Waals surface area contributed by atoms with Crippen LogP contribution in [0.4, 0.5) is 5.69 Å². The molecule has 0 aromatic heterocycles. The number of carboxylic acids is 1. The Labute approximate surface area is 114 Å². The molecule has 1 fully saturated rings. The van der Waals surface area contributed by atoms with Crippen molar-refractivity contribution in [1.82, 2.24) is 0 Å². The summed E-state index contributed by atoms with van der Waals surface area (Å²) in [7, 11) is 0. The lowest BCUT2D eigenvalue weighted by Crippen LogP contribution is -2.48. The van der Waals surface area contributed by atoms with Gasteiger partial charge in [0.2, 0.25) is 0 Å². The van der Waals surface area contributed by atoms with E-state index in [1.807, 2.05) is 0 Å². The lowest BCUT2D eigenvalue weighted by molar-refractivity contribution is -0.384. The topological polar surface area (TPSA) is 107 Å². The number of carboxylic acid groups (broad SMARTS) is 1. The van der Waals surface area contributed by atoms with E-state index in [0.29, 0.717) is 5.56 Å². The summed E-state index contributed by atoms with van der Waals surface area (Å²) in [6.45, 7) is 0.0618. The number of ketones is 1. The van der Waals surface area contributed by atoms with Gasteiger partial charge in [-0.3, -0.25) is 19.7 Å². The van der Waals surface area contributed by atoms with Crippen LogP contribution in [0.2, 0.25) is 0 Å². The summed E-state index contributed by atoms with van der Waals surface area (Å²) in [6.07, 6.45) is 0.0401. The second-order valence-corrected chi connectivity index (χ2v) is 4.71. The zero-order valence-electron chi connectivity index (χ0n) is 10.6. The van der Waals surface area contributed by atoms with Crippen LogP contribution in [0.1, 0.15) is 12.0 Å². The number of carbonyl (C=O) groups is 2. The Balaban J connectivity index is 2.26. The summed E-state index contributed by atoms with van der Waals surface area (Å²) in [4.78, 5) is 33.5. The number of aliphatic carboxylic acids is 1. The molecule has 7 nitrogen and oxygen atoms in total. The Bertz CT molecular complexity index is 552. The van der Waals surface area contributed by atoms with Crippen LogP contribution in [0, 0.1) is 15.5 Å². The van der Waals surface area contributed by atoms with E-state index in [4.69, 9.17) is 4.74 Å². The van der Waals surface area contributed by atoms with Crippen molar-refractivity contribution in [2.45, 2.75) is 12.8 Å². The maximum atomic E-state index is 12.0. The summed E-state index contributed by atoms with van der Waals surface area (Å²) in [6, 6.07) is 5.51. The molecule has 1 aromatic carbocycles. The first-order chi connectivity index (χ1) is 9.45. The van der Waals surface area contributed by atoms with E-state index in [9.17, 15) is 24.8 Å². The van der Waals surface area contributed by atoms with Crippen LogP contribution in [-0.4, -0.2) is 35.0 Å². The minimum Gasteiger partial charge on any atom is -0.480 e. The molecule has 2 rings (SSSR count). The third kappa shape index (κ3) is 2.53. The van der Waals surface area contributed by atoms with Crippen LogP contribution < -0.4 is 0 Å². The van der Waals surface area contributed by atoms with E-state index in [0.717, 1.165) is 0 Å². The Morgan fingerprint density at radius 1 is 1.40 bits per heavy atom. The van der Waals surface area contributed by atoms with E-state index in [1.54, 1.807) is 0 Å². The molecule has 106 valence electrons. The Kier molecular flexibility index (Phi) is 3.80. The van der Waals surface area contributed by atoms with Crippen LogP contribution in [0.5, 0.6) is 0 Å². The van der Waals surface area contributed by atoms with Gasteiger partial charge in [-0.25, -0.2) is 0 Å². The van der Waals surface area contributed by atoms with Gasteiger partial charge in [0.05, 0.1) is 18.1 Å². The van der Waals surface area contributed by atoms with Gasteiger partial charge in [-0.05, 0) is 12.0 Å². The molecule has 0 bridgehead atoms. The summed E-state index contributed by atoms with van der Waals surface area (Å²) in [5.41, 5.74) is -1.12. The number of non-ortho nitro benzene ring substituents is 1. The molecule has 0 aliphatic carbocycles. The number of ether oxygens (including phenoxy) is 1. The third-order valence-corrected chi connectivity index (χ3v) is 3.42. The highest BCUT2D eigenvalue weighted by Gasteiger charge is 2.47. The second kappa shape index (κ2) is 5.38. The van der Waals surface area contributed by atoms with Crippen molar-refractivity contribution in [2.75, 3.05) is 13.2 Å². The molecule has 1 unspecified atom stereocenters. The van der Waals surface area contributed by atoms with Gasteiger partial charge < -0.3 is 9.84 Å². The largest absolute Gasteiger partial charge is 0.480 e. The van der Waals surface area contributed by atoms with Crippen LogP contribution in [-0.2, 0) is 20.7 Å². The molecule has 1 N–H and O–H groups in total. The van der Waals surface area contributed by atoms with Crippen molar-refractivity contribution in [2.24, 2.45) is 5.41 Å². The third-order valence-electron chi connectivity index (χ3n) is 3.42. The maximum Gasteiger partial charge on any atom is 0.319 e. The molecule has 1 saturated heterocycles. The second-order valence-electron chi connectivity index (χ2n) is 4.71. The summed E-state index contributed by atoms with van der Waals surface area (Å²) in [5, 5.41) is 19.9. The monoisotopic (exact) mass is 279 g/mol. The van der Waals surface area contributed by atoms with Gasteiger partial charge in [0.1, 0.15) is 0 Å². The fourth-order valence-corrected chi connectivity index (χ4v) is 2.22. The van der Waals surface area contributed by atoms with E-state index < -0.39 is 16.3 Å². The molecule has 0 saturated carbocycles. The molecule has 1 atom stereocenters. The summed E-state index contributed by atoms with van der Waals surface area (Å²) >= 11 is 0. The first-order valence-electron chi connectivity index (χ1n) is 6.03. The van der Waals surface area contributed by atoms with Gasteiger partial charge in [0.25, 0.3) is 5.69 Å². The van der Waals surface area contributed by atoms with Gasteiger partial charge in [-0.2, -0.15) is 0 Å². The van der Waals surface area contributed by atoms with E-state index in [2.05, 4.69) is 0 Å². The number of hydrogen-bond acceptors (Lipinski definition) is 5. The molecule has 0 amide bonds. The number of nitro groups is 1. The highest BCUT2D eigenvalue weighted by atomic mass is 16.6. The fourth-order valence-electron chi connectivity index (χ4n) is 2.22. The van der Waals surface area contributed by atoms with E-state index in [1.165, 1.54) is 24.3 Å². The number of carbonyl (C=O) groups excluding carboxylic acids is 1. The first kappa shape index (κ1) is 14.1. The molecule has 20 heavy (non-hydrogen) atoms. The molecule has 1 aliphatic rings. The molecule has 1 aliphatic heterocycles. The van der Waals surface area contributed by atoms with Crippen molar-refractivity contribution < 1.29 is 24.4 Å². The molecule has 1 heterocycles. The van der Waals surface area contributed by atoms with Crippen LogP contribution in [0.25, 0.3) is 0 Å². The quantitative estimate of drug-likeness (QED) is 0.504. The number of benzene rings is 1. The zero-order valence-corrected chi connectivity index (χ0v) is 10.6. The number of nitrogens with zero attached hydrogens (tertiary/aromatic N) is 1. The highest BCUT2D eigenvalue weighted by molar-refractivity contribution is 6.04. The average Bonchev–Trinajstić information content (AvgIpc) is 2.42. The number of rotatable bonds is 4. The molecular formula is C13H13NO6. The van der Waals surface area contributed by atoms with Crippen molar-refractivity contribution >= 4 is 17.4 Å². The van der Waals surface area contributed by atoms with Gasteiger partial charge in [-0.15, -0.1) is 0 Å². The van der Waals surface area contributed by atoms with Crippen LogP contribution in [0.15, 0.2) is 24.3 Å². The minimum atomic E-state index is -1.59. The van der Waals surface area contributed by atoms with Crippen LogP contribution >= 0.6 is 0 Å². The predicted octanol–water partition coefficient (Wildman–Crippen LogP) is 1.20. The van der Waals surface area contributed by atoms with Crippen molar-refractivity contribution in [1.29, 1.82) is 0 Å². The van der Waals surface area contributed by atoms with Crippen LogP contribution in [0.3, 0.4) is 0 Å². The number of Topliss-reactive ketones (excluding diaryl/α,β-unsaturated/α-hetero) is 1. The number of nitro benzene ring substituents is 1. The maximum absolute atomic E-state index is 12.0. The Morgan fingerprint density at radius 3 is 2.55 bits per heavy atom. The Hall–Kier alpha value is -2.28. The van der Waals surface area contributed by atoms with E-state index >= 15 is 0 Å². The molecule has 7 heteroatoms. The average molecular weight is 279 g/mol.